The van der Waals surface area contributed by atoms with Gasteiger partial charge in [-0.1, -0.05) is 6.42 Å². The Bertz CT molecular complexity index is 835. The molecule has 0 unspecified atom stereocenters. The van der Waals surface area contributed by atoms with Crippen LogP contribution in [0.25, 0.3) is 0 Å². The summed E-state index contributed by atoms with van der Waals surface area (Å²) < 4.78 is 67.4. The van der Waals surface area contributed by atoms with Crippen molar-refractivity contribution < 1.29 is 26.4 Å². The maximum Gasteiger partial charge on any atom is 0.411 e. The lowest BCUT2D eigenvalue weighted by Gasteiger charge is -2.33. The maximum atomic E-state index is 13.4. The molecule has 28 heavy (non-hydrogen) atoms. The van der Waals surface area contributed by atoms with Crippen LogP contribution >= 0.6 is 0 Å². The number of rotatable bonds is 5. The van der Waals surface area contributed by atoms with Gasteiger partial charge in [0.15, 0.2) is 0 Å². The second-order valence-electron chi connectivity index (χ2n) is 7.91. The van der Waals surface area contributed by atoms with Crippen LogP contribution in [0.5, 0.6) is 0 Å². The fourth-order valence-electron chi connectivity index (χ4n) is 3.72. The molecule has 5 nitrogen and oxygen atoms in total. The van der Waals surface area contributed by atoms with Crippen molar-refractivity contribution >= 4 is 15.9 Å². The molecule has 1 aromatic rings. The van der Waals surface area contributed by atoms with Gasteiger partial charge in [0.25, 0.3) is 5.91 Å². The van der Waals surface area contributed by atoms with Gasteiger partial charge in [-0.05, 0) is 69.7 Å². The van der Waals surface area contributed by atoms with Crippen molar-refractivity contribution in [2.45, 2.75) is 68.6 Å². The van der Waals surface area contributed by atoms with Gasteiger partial charge in [-0.3, -0.25) is 4.79 Å². The Morgan fingerprint density at radius 3 is 2.21 bits per heavy atom. The zero-order chi connectivity index (χ0) is 20.7. The zero-order valence-corrected chi connectivity index (χ0v) is 16.7. The molecule has 1 amide bonds. The third-order valence-corrected chi connectivity index (χ3v) is 7.85. The molecule has 2 fully saturated rings. The predicted molar refractivity (Wildman–Crippen MR) is 98.3 cm³/mol. The van der Waals surface area contributed by atoms with Gasteiger partial charge in [0, 0.05) is 18.2 Å². The van der Waals surface area contributed by atoms with Crippen LogP contribution in [0.4, 0.5) is 13.2 Å². The molecule has 1 aliphatic heterocycles. The molecule has 1 aliphatic carbocycles. The first-order valence-corrected chi connectivity index (χ1v) is 10.9. The minimum atomic E-state index is -4.56. The van der Waals surface area contributed by atoms with E-state index in [1.54, 1.807) is 0 Å². The minimum absolute atomic E-state index is 0.00164. The molecule has 0 bridgehead atoms. The Kier molecular flexibility index (Phi) is 5.53. The number of nitrogens with zero attached hydrogens (tertiary/aromatic N) is 1. The van der Waals surface area contributed by atoms with Crippen molar-refractivity contribution in [3.8, 4) is 0 Å². The van der Waals surface area contributed by atoms with Crippen LogP contribution in [-0.4, -0.2) is 42.9 Å². The average Bonchev–Trinajstić information content (AvgIpc) is 3.46. The number of sulfonamides is 1. The van der Waals surface area contributed by atoms with Crippen molar-refractivity contribution in [3.05, 3.63) is 29.8 Å². The second-order valence-corrected chi connectivity index (χ2v) is 9.80. The Morgan fingerprint density at radius 2 is 1.71 bits per heavy atom. The molecule has 1 saturated carbocycles. The van der Waals surface area contributed by atoms with Gasteiger partial charge in [0.2, 0.25) is 10.0 Å². The van der Waals surface area contributed by atoms with Crippen LogP contribution in [0.1, 0.15) is 56.3 Å². The van der Waals surface area contributed by atoms with Gasteiger partial charge < -0.3 is 5.32 Å². The SMILES string of the molecule is C[C@H]1CCCCN1S(=O)(=O)c1ccc(C(=O)N[C@](C)(C2CC2)C(F)(F)F)cc1. The summed E-state index contributed by atoms with van der Waals surface area (Å²) in [5, 5.41) is 2.12. The van der Waals surface area contributed by atoms with Crippen molar-refractivity contribution in [2.75, 3.05) is 6.54 Å². The number of carbonyl (C=O) groups excluding carboxylic acids is 1. The summed E-state index contributed by atoms with van der Waals surface area (Å²) in [6.07, 6.45) is -1.16. The highest BCUT2D eigenvalue weighted by Crippen LogP contribution is 2.48. The van der Waals surface area contributed by atoms with Crippen LogP contribution in [-0.2, 0) is 10.0 Å². The van der Waals surface area contributed by atoms with E-state index in [0.717, 1.165) is 26.2 Å². The molecular formula is C19H25F3N2O3S. The number of halogens is 3. The fraction of sp³-hybridized carbons (Fsp3) is 0.632. The molecule has 2 aliphatic rings. The molecule has 1 aromatic carbocycles. The number of benzene rings is 1. The Morgan fingerprint density at radius 1 is 1.11 bits per heavy atom. The lowest BCUT2D eigenvalue weighted by Crippen LogP contribution is -2.58. The normalized spacial score (nSPS) is 23.8. The number of alkyl halides is 3. The maximum absolute atomic E-state index is 13.4. The van der Waals surface area contributed by atoms with E-state index in [4.69, 9.17) is 0 Å². The first-order valence-electron chi connectivity index (χ1n) is 9.48. The van der Waals surface area contributed by atoms with Gasteiger partial charge >= 0.3 is 6.18 Å². The van der Waals surface area contributed by atoms with E-state index in [1.165, 1.54) is 28.6 Å². The van der Waals surface area contributed by atoms with Gasteiger partial charge in [0.05, 0.1) is 4.90 Å². The summed E-state index contributed by atoms with van der Waals surface area (Å²) in [6.45, 7) is 3.30. The van der Waals surface area contributed by atoms with E-state index in [9.17, 15) is 26.4 Å². The third-order valence-electron chi connectivity index (χ3n) is 5.82. The second kappa shape index (κ2) is 7.33. The van der Waals surface area contributed by atoms with E-state index in [1.807, 2.05) is 6.92 Å². The van der Waals surface area contributed by atoms with Crippen LogP contribution in [0.15, 0.2) is 29.2 Å². The molecule has 2 atom stereocenters. The first kappa shape index (κ1) is 21.1. The van der Waals surface area contributed by atoms with Gasteiger partial charge in [0.1, 0.15) is 5.54 Å². The summed E-state index contributed by atoms with van der Waals surface area (Å²) >= 11 is 0. The lowest BCUT2D eigenvalue weighted by molar-refractivity contribution is -0.194. The van der Waals surface area contributed by atoms with Gasteiger partial charge in [-0.25, -0.2) is 8.42 Å². The van der Waals surface area contributed by atoms with E-state index in [0.29, 0.717) is 19.4 Å². The van der Waals surface area contributed by atoms with Crippen molar-refractivity contribution in [1.29, 1.82) is 0 Å². The van der Waals surface area contributed by atoms with E-state index in [-0.39, 0.29) is 16.5 Å². The zero-order valence-electron chi connectivity index (χ0n) is 15.9. The summed E-state index contributed by atoms with van der Waals surface area (Å²) in [4.78, 5) is 12.4. The van der Waals surface area contributed by atoms with Crippen molar-refractivity contribution in [1.82, 2.24) is 9.62 Å². The highest BCUT2D eigenvalue weighted by Gasteiger charge is 2.60. The standard InChI is InChI=1S/C19H25F3N2O3S/c1-13-5-3-4-12-24(13)28(26,27)16-10-6-14(7-11-16)17(25)23-18(2,15-8-9-15)19(20,21)22/h6-7,10-11,13,15H,3-5,8-9,12H2,1-2H3,(H,23,25)/t13-,18+/m0/s1. The Labute approximate surface area is 163 Å². The molecule has 1 N–H and O–H groups in total. The van der Waals surface area contributed by atoms with Crippen LogP contribution in [0.2, 0.25) is 0 Å². The predicted octanol–water partition coefficient (Wildman–Crippen LogP) is 3.71. The topological polar surface area (TPSA) is 66.5 Å². The molecule has 1 saturated heterocycles. The van der Waals surface area contributed by atoms with E-state index in [2.05, 4.69) is 5.32 Å². The first-order chi connectivity index (χ1) is 13.0. The monoisotopic (exact) mass is 418 g/mol. The number of piperidine rings is 1. The molecular weight excluding hydrogens is 393 g/mol. The number of nitrogens with one attached hydrogen (secondary N) is 1. The van der Waals surface area contributed by atoms with Crippen LogP contribution in [0.3, 0.4) is 0 Å². The smallest absolute Gasteiger partial charge is 0.338 e. The summed E-state index contributed by atoms with van der Waals surface area (Å²) in [6, 6.07) is 5.00. The molecule has 156 valence electrons. The van der Waals surface area contributed by atoms with Crippen LogP contribution < -0.4 is 5.32 Å². The van der Waals surface area contributed by atoms with Crippen molar-refractivity contribution in [2.24, 2.45) is 5.92 Å². The Hall–Kier alpha value is -1.61. The summed E-state index contributed by atoms with van der Waals surface area (Å²) in [7, 11) is -3.69. The number of hydrogen-bond acceptors (Lipinski definition) is 3. The average molecular weight is 418 g/mol. The fourth-order valence-corrected chi connectivity index (χ4v) is 5.42. The Balaban J connectivity index is 1.78. The number of hydrogen-bond donors (Lipinski definition) is 1. The van der Waals surface area contributed by atoms with Gasteiger partial charge in [-0.2, -0.15) is 17.5 Å². The summed E-state index contributed by atoms with van der Waals surface area (Å²) in [5.74, 6) is -1.49. The highest BCUT2D eigenvalue weighted by atomic mass is 32.2. The van der Waals surface area contributed by atoms with Crippen LogP contribution in [0, 0.1) is 5.92 Å². The molecule has 0 radical (unpaired) electrons. The number of carbonyl (C=O) groups is 1. The van der Waals surface area contributed by atoms with Gasteiger partial charge in [-0.15, -0.1) is 0 Å². The molecule has 0 aromatic heterocycles. The quantitative estimate of drug-likeness (QED) is 0.793. The number of amides is 1. The molecule has 9 heteroatoms. The highest BCUT2D eigenvalue weighted by molar-refractivity contribution is 7.89. The van der Waals surface area contributed by atoms with Crippen molar-refractivity contribution in [3.63, 3.8) is 0 Å². The van der Waals surface area contributed by atoms with E-state index < -0.39 is 33.6 Å². The largest absolute Gasteiger partial charge is 0.411 e. The molecule has 3 rings (SSSR count). The lowest BCUT2D eigenvalue weighted by atomic mass is 9.94. The molecule has 0 spiro atoms. The minimum Gasteiger partial charge on any atom is -0.338 e. The van der Waals surface area contributed by atoms with E-state index >= 15 is 0 Å². The summed E-state index contributed by atoms with van der Waals surface area (Å²) in [5.41, 5.74) is -2.28. The molecule has 1 heterocycles. The third kappa shape index (κ3) is 3.91.